The van der Waals surface area contributed by atoms with Gasteiger partial charge in [-0.3, -0.25) is 0 Å². The van der Waals surface area contributed by atoms with Crippen LogP contribution in [0.5, 0.6) is 0 Å². The van der Waals surface area contributed by atoms with Crippen LogP contribution in [0.15, 0.2) is 103 Å². The van der Waals surface area contributed by atoms with Crippen molar-refractivity contribution >= 4 is 21.6 Å². The van der Waals surface area contributed by atoms with Gasteiger partial charge in [0.25, 0.3) is 0 Å². The van der Waals surface area contributed by atoms with Crippen molar-refractivity contribution in [3.8, 4) is 0 Å². The van der Waals surface area contributed by atoms with Gasteiger partial charge in [-0.15, -0.1) is 0 Å². The molecule has 1 heteroatoms. The third-order valence-corrected chi connectivity index (χ3v) is 6.16. The summed E-state index contributed by atoms with van der Waals surface area (Å²) in [5.41, 5.74) is 3.84. The highest BCUT2D eigenvalue weighted by molar-refractivity contribution is 8.16. The molecule has 0 fully saturated rings. The quantitative estimate of drug-likeness (QED) is 0.479. The number of thioether (sulfide) groups is 1. The van der Waals surface area contributed by atoms with Crippen LogP contribution in [0.25, 0.3) is 9.81 Å². The fourth-order valence-electron chi connectivity index (χ4n) is 3.50. The minimum atomic E-state index is -0.0805. The zero-order valence-electron chi connectivity index (χ0n) is 14.9. The van der Waals surface area contributed by atoms with Crippen LogP contribution in [-0.2, 0) is 5.41 Å². The Morgan fingerprint density at radius 1 is 0.615 bits per heavy atom. The van der Waals surface area contributed by atoms with E-state index in [1.165, 1.54) is 26.5 Å². The minimum Gasteiger partial charge on any atom is -0.0894 e. The molecule has 128 valence electrons. The second-order valence-electron chi connectivity index (χ2n) is 6.61. The smallest absolute Gasteiger partial charge is 0.0337 e. The van der Waals surface area contributed by atoms with Crippen molar-refractivity contribution < 1.29 is 0 Å². The van der Waals surface area contributed by atoms with E-state index in [4.69, 9.17) is 0 Å². The van der Waals surface area contributed by atoms with E-state index in [1.54, 1.807) is 0 Å². The van der Waals surface area contributed by atoms with Gasteiger partial charge in [0.15, 0.2) is 0 Å². The Hall–Kier alpha value is -2.51. The summed E-state index contributed by atoms with van der Waals surface area (Å²) in [6.07, 6.45) is 5.94. The third kappa shape index (κ3) is 3.27. The molecule has 1 aliphatic rings. The molecule has 3 aromatic carbocycles. The van der Waals surface area contributed by atoms with Crippen LogP contribution in [0.2, 0.25) is 0 Å². The summed E-state index contributed by atoms with van der Waals surface area (Å²) in [6.45, 7) is 2.28. The molecule has 0 aliphatic carbocycles. The van der Waals surface area contributed by atoms with Gasteiger partial charge >= 0.3 is 0 Å². The lowest BCUT2D eigenvalue weighted by molar-refractivity contribution is 0.646. The van der Waals surface area contributed by atoms with Gasteiger partial charge in [0.2, 0.25) is 0 Å². The van der Waals surface area contributed by atoms with Gasteiger partial charge in [-0.2, -0.15) is 0 Å². The zero-order chi connectivity index (χ0) is 17.8. The van der Waals surface area contributed by atoms with Crippen molar-refractivity contribution in [2.45, 2.75) is 18.8 Å². The van der Waals surface area contributed by atoms with Gasteiger partial charge < -0.3 is 0 Å². The Morgan fingerprint density at radius 2 is 1.04 bits per heavy atom. The molecule has 0 saturated heterocycles. The predicted molar refractivity (Wildman–Crippen MR) is 115 cm³/mol. The van der Waals surface area contributed by atoms with Crippen LogP contribution in [0.1, 0.15) is 30.0 Å². The number of hydrogen-bond donors (Lipinski definition) is 0. The second kappa shape index (κ2) is 7.39. The molecule has 0 unspecified atom stereocenters. The van der Waals surface area contributed by atoms with Crippen molar-refractivity contribution in [2.24, 2.45) is 0 Å². The van der Waals surface area contributed by atoms with E-state index in [9.17, 15) is 0 Å². The van der Waals surface area contributed by atoms with E-state index in [0.717, 1.165) is 6.42 Å². The fourth-order valence-corrected chi connectivity index (χ4v) is 4.78. The van der Waals surface area contributed by atoms with E-state index in [-0.39, 0.29) is 5.41 Å². The summed E-state index contributed by atoms with van der Waals surface area (Å²) in [5.74, 6) is 0. The maximum absolute atomic E-state index is 2.45. The van der Waals surface area contributed by atoms with Gasteiger partial charge in [-0.25, -0.2) is 0 Å². The lowest BCUT2D eigenvalue weighted by atomic mass is 9.76. The first-order chi connectivity index (χ1) is 12.8. The molecule has 0 bridgehead atoms. The molecular formula is C25H22S. The second-order valence-corrected chi connectivity index (χ2v) is 7.70. The van der Waals surface area contributed by atoms with E-state index < -0.39 is 0 Å². The first kappa shape index (κ1) is 16.9. The summed E-state index contributed by atoms with van der Waals surface area (Å²) >= 11 is 1.87. The molecule has 0 atom stereocenters. The molecule has 4 rings (SSSR count). The Balaban J connectivity index is 1.89. The molecule has 26 heavy (non-hydrogen) atoms. The number of benzene rings is 3. The molecule has 0 spiro atoms. The summed E-state index contributed by atoms with van der Waals surface area (Å²) in [6, 6.07) is 32.3. The Labute approximate surface area is 160 Å². The first-order valence-electron chi connectivity index (χ1n) is 9.11. The molecule has 0 nitrogen and oxygen atoms in total. The molecule has 1 aliphatic heterocycles. The van der Waals surface area contributed by atoms with E-state index in [0.29, 0.717) is 0 Å². The third-order valence-electron chi connectivity index (χ3n) is 5.01. The van der Waals surface area contributed by atoms with Gasteiger partial charge in [-0.05, 0) is 23.1 Å². The van der Waals surface area contributed by atoms with Crippen LogP contribution in [0.3, 0.4) is 0 Å². The predicted octanol–water partition coefficient (Wildman–Crippen LogP) is 7.16. The van der Waals surface area contributed by atoms with Gasteiger partial charge in [0.1, 0.15) is 0 Å². The largest absolute Gasteiger partial charge is 0.0894 e. The van der Waals surface area contributed by atoms with Crippen molar-refractivity contribution in [1.82, 2.24) is 0 Å². The average molecular weight is 355 g/mol. The topological polar surface area (TPSA) is 0 Å². The van der Waals surface area contributed by atoms with Gasteiger partial charge in [0.05, 0.1) is 0 Å². The van der Waals surface area contributed by atoms with E-state index in [1.807, 2.05) is 11.8 Å². The highest BCUT2D eigenvalue weighted by Crippen LogP contribution is 2.49. The lowest BCUT2D eigenvalue weighted by Crippen LogP contribution is -2.22. The molecule has 0 aromatic heterocycles. The molecule has 3 aromatic rings. The normalized spacial score (nSPS) is 15.9. The molecule has 0 saturated carbocycles. The van der Waals surface area contributed by atoms with Gasteiger partial charge in [0, 0.05) is 15.2 Å². The molecule has 0 N–H and O–H groups in total. The van der Waals surface area contributed by atoms with Gasteiger partial charge in [-0.1, -0.05) is 122 Å². The van der Waals surface area contributed by atoms with Crippen molar-refractivity contribution in [3.05, 3.63) is 120 Å². The Morgan fingerprint density at radius 3 is 1.46 bits per heavy atom. The summed E-state index contributed by atoms with van der Waals surface area (Å²) in [7, 11) is 0. The van der Waals surface area contributed by atoms with E-state index >= 15 is 0 Å². The Kier molecular flexibility index (Phi) is 4.81. The number of rotatable bonds is 4. The minimum absolute atomic E-state index is 0.0805. The van der Waals surface area contributed by atoms with Crippen LogP contribution in [0, 0.1) is 0 Å². The maximum Gasteiger partial charge on any atom is 0.0337 e. The maximum atomic E-state index is 2.45. The van der Waals surface area contributed by atoms with E-state index in [2.05, 4.69) is 110 Å². The summed E-state index contributed by atoms with van der Waals surface area (Å²) in [4.78, 5) is 2.66. The summed E-state index contributed by atoms with van der Waals surface area (Å²) < 4.78 is 0. The van der Waals surface area contributed by atoms with Crippen molar-refractivity contribution in [2.75, 3.05) is 0 Å². The van der Waals surface area contributed by atoms with Crippen LogP contribution in [0.4, 0.5) is 0 Å². The average Bonchev–Trinajstić information content (AvgIpc) is 2.75. The number of allylic oxidation sites excluding steroid dienone is 2. The zero-order valence-corrected chi connectivity index (χ0v) is 15.7. The summed E-state index contributed by atoms with van der Waals surface area (Å²) in [5, 5.41) is 0. The standard InChI is InChI=1S/C25H22S/c1-2-25(22-16-10-5-11-17-22)18-23(20-12-6-3-7-13-20)26-24(19-25)21-14-8-4-9-15-21/h3-19H,2H2,1H3. The van der Waals surface area contributed by atoms with Crippen LogP contribution < -0.4 is 0 Å². The highest BCUT2D eigenvalue weighted by atomic mass is 32.2. The molecule has 0 amide bonds. The van der Waals surface area contributed by atoms with Crippen LogP contribution >= 0.6 is 11.8 Å². The molecule has 0 radical (unpaired) electrons. The lowest BCUT2D eigenvalue weighted by Gasteiger charge is -2.33. The highest BCUT2D eigenvalue weighted by Gasteiger charge is 2.31. The number of hydrogen-bond acceptors (Lipinski definition) is 1. The molecular weight excluding hydrogens is 332 g/mol. The SMILES string of the molecule is CCC1(c2ccccc2)C=C(c2ccccc2)SC(c2ccccc2)=C1. The van der Waals surface area contributed by atoms with Crippen molar-refractivity contribution in [3.63, 3.8) is 0 Å². The monoisotopic (exact) mass is 354 g/mol. The fraction of sp³-hybridized carbons (Fsp3) is 0.120. The van der Waals surface area contributed by atoms with Crippen molar-refractivity contribution in [1.29, 1.82) is 0 Å². The first-order valence-corrected chi connectivity index (χ1v) is 9.92. The Bertz CT molecular complexity index is 866. The van der Waals surface area contributed by atoms with Crippen LogP contribution in [-0.4, -0.2) is 0 Å². The molecule has 1 heterocycles.